The van der Waals surface area contributed by atoms with Crippen molar-refractivity contribution in [1.82, 2.24) is 15.5 Å². The average Bonchev–Trinajstić information content (AvgIpc) is 2.95. The van der Waals surface area contributed by atoms with Crippen LogP contribution in [0, 0.1) is 13.8 Å². The summed E-state index contributed by atoms with van der Waals surface area (Å²) in [4.78, 5) is 12.3. The molecule has 1 heterocycles. The lowest BCUT2D eigenvalue weighted by molar-refractivity contribution is 0.0978. The number of aromatic amines is 1. The third-order valence-corrected chi connectivity index (χ3v) is 5.03. The SMILES string of the molecule is Cc1n[nH]c(C)c1Cc1ccc(NC(=S)NC(=O)c2ccc(Cl)cc2Cl)cc1. The average molecular weight is 433 g/mol. The van der Waals surface area contributed by atoms with E-state index in [9.17, 15) is 4.79 Å². The van der Waals surface area contributed by atoms with Crippen LogP contribution in [-0.4, -0.2) is 21.2 Å². The molecule has 3 N–H and O–H groups in total. The molecule has 5 nitrogen and oxygen atoms in total. The first-order valence-electron chi connectivity index (χ1n) is 8.50. The predicted octanol–water partition coefficient (Wildman–Crippen LogP) is 5.05. The zero-order chi connectivity index (χ0) is 20.3. The number of hydrogen-bond donors (Lipinski definition) is 3. The molecule has 3 rings (SSSR count). The molecule has 0 aliphatic carbocycles. The van der Waals surface area contributed by atoms with Gasteiger partial charge >= 0.3 is 0 Å². The number of hydrogen-bond acceptors (Lipinski definition) is 3. The quantitative estimate of drug-likeness (QED) is 0.504. The van der Waals surface area contributed by atoms with Crippen LogP contribution in [0.3, 0.4) is 0 Å². The Morgan fingerprint density at radius 2 is 1.86 bits per heavy atom. The van der Waals surface area contributed by atoms with Crippen molar-refractivity contribution < 1.29 is 4.79 Å². The Balaban J connectivity index is 1.60. The highest BCUT2D eigenvalue weighted by atomic mass is 35.5. The summed E-state index contributed by atoms with van der Waals surface area (Å²) in [6.07, 6.45) is 0.796. The molecule has 0 aliphatic rings. The van der Waals surface area contributed by atoms with Gasteiger partial charge in [-0.3, -0.25) is 15.2 Å². The van der Waals surface area contributed by atoms with Gasteiger partial charge in [-0.2, -0.15) is 5.10 Å². The summed E-state index contributed by atoms with van der Waals surface area (Å²) in [6.45, 7) is 4.00. The second kappa shape index (κ2) is 8.73. The van der Waals surface area contributed by atoms with Crippen molar-refractivity contribution in [3.63, 3.8) is 0 Å². The Morgan fingerprint density at radius 1 is 1.14 bits per heavy atom. The summed E-state index contributed by atoms with van der Waals surface area (Å²) in [5, 5.41) is 13.7. The summed E-state index contributed by atoms with van der Waals surface area (Å²) in [7, 11) is 0. The summed E-state index contributed by atoms with van der Waals surface area (Å²) < 4.78 is 0. The molecule has 3 aromatic rings. The monoisotopic (exact) mass is 432 g/mol. The summed E-state index contributed by atoms with van der Waals surface area (Å²) in [6, 6.07) is 12.5. The number of nitrogens with zero attached hydrogens (tertiary/aromatic N) is 1. The molecule has 0 atom stereocenters. The van der Waals surface area contributed by atoms with Crippen molar-refractivity contribution in [1.29, 1.82) is 0 Å². The van der Waals surface area contributed by atoms with Crippen LogP contribution in [0.4, 0.5) is 5.69 Å². The van der Waals surface area contributed by atoms with E-state index in [4.69, 9.17) is 35.4 Å². The zero-order valence-electron chi connectivity index (χ0n) is 15.3. The van der Waals surface area contributed by atoms with E-state index in [1.54, 1.807) is 12.1 Å². The molecule has 2 aromatic carbocycles. The summed E-state index contributed by atoms with van der Waals surface area (Å²) in [5.74, 6) is -0.401. The topological polar surface area (TPSA) is 69.8 Å². The maximum atomic E-state index is 12.3. The first-order valence-corrected chi connectivity index (χ1v) is 9.66. The maximum Gasteiger partial charge on any atom is 0.258 e. The minimum atomic E-state index is -0.401. The molecule has 0 spiro atoms. The van der Waals surface area contributed by atoms with Gasteiger partial charge in [0.2, 0.25) is 0 Å². The van der Waals surface area contributed by atoms with Crippen LogP contribution in [0.25, 0.3) is 0 Å². The van der Waals surface area contributed by atoms with E-state index in [1.807, 2.05) is 38.1 Å². The van der Waals surface area contributed by atoms with Crippen molar-refractivity contribution in [3.05, 3.63) is 80.6 Å². The van der Waals surface area contributed by atoms with E-state index in [2.05, 4.69) is 20.8 Å². The number of carbonyl (C=O) groups is 1. The van der Waals surface area contributed by atoms with Gasteiger partial charge in [0.1, 0.15) is 0 Å². The van der Waals surface area contributed by atoms with Gasteiger partial charge in [-0.05, 0) is 62.0 Å². The van der Waals surface area contributed by atoms with Gasteiger partial charge in [-0.15, -0.1) is 0 Å². The molecule has 0 saturated carbocycles. The molecule has 8 heteroatoms. The first kappa shape index (κ1) is 20.3. The van der Waals surface area contributed by atoms with Crippen LogP contribution in [0.15, 0.2) is 42.5 Å². The van der Waals surface area contributed by atoms with E-state index in [1.165, 1.54) is 11.6 Å². The second-order valence-electron chi connectivity index (χ2n) is 6.32. The fourth-order valence-electron chi connectivity index (χ4n) is 2.75. The third-order valence-electron chi connectivity index (χ3n) is 4.28. The summed E-state index contributed by atoms with van der Waals surface area (Å²) >= 11 is 17.1. The Hall–Kier alpha value is -2.41. The lowest BCUT2D eigenvalue weighted by Gasteiger charge is -2.11. The van der Waals surface area contributed by atoms with Gasteiger partial charge in [-0.1, -0.05) is 35.3 Å². The number of aryl methyl sites for hydroxylation is 2. The number of carbonyl (C=O) groups excluding carboxylic acids is 1. The molecule has 0 bridgehead atoms. The van der Waals surface area contributed by atoms with Crippen LogP contribution in [0.1, 0.15) is 32.9 Å². The smallest absolute Gasteiger partial charge is 0.258 e. The van der Waals surface area contributed by atoms with Crippen molar-refractivity contribution in [3.8, 4) is 0 Å². The lowest BCUT2D eigenvalue weighted by Crippen LogP contribution is -2.34. The number of H-pyrrole nitrogens is 1. The van der Waals surface area contributed by atoms with Gasteiger partial charge < -0.3 is 5.32 Å². The molecule has 1 amide bonds. The Kier molecular flexibility index (Phi) is 6.34. The van der Waals surface area contributed by atoms with Gasteiger partial charge in [0, 0.05) is 28.4 Å². The van der Waals surface area contributed by atoms with E-state index in [0.29, 0.717) is 10.6 Å². The van der Waals surface area contributed by atoms with E-state index >= 15 is 0 Å². The summed E-state index contributed by atoms with van der Waals surface area (Å²) in [5.41, 5.74) is 5.51. The molecular formula is C20H18Cl2N4OS. The van der Waals surface area contributed by atoms with Crippen LogP contribution in [0.5, 0.6) is 0 Å². The Bertz CT molecular complexity index is 1010. The molecule has 0 radical (unpaired) electrons. The highest BCUT2D eigenvalue weighted by Gasteiger charge is 2.12. The maximum absolute atomic E-state index is 12.3. The number of aromatic nitrogens is 2. The van der Waals surface area contributed by atoms with Crippen molar-refractivity contribution in [2.24, 2.45) is 0 Å². The van der Waals surface area contributed by atoms with Crippen molar-refractivity contribution in [2.45, 2.75) is 20.3 Å². The second-order valence-corrected chi connectivity index (χ2v) is 7.57. The van der Waals surface area contributed by atoms with Crippen molar-refractivity contribution >= 4 is 52.1 Å². The van der Waals surface area contributed by atoms with Gasteiger partial charge in [0.05, 0.1) is 16.3 Å². The van der Waals surface area contributed by atoms with Gasteiger partial charge in [0.25, 0.3) is 5.91 Å². The van der Waals surface area contributed by atoms with E-state index in [-0.39, 0.29) is 10.1 Å². The predicted molar refractivity (Wildman–Crippen MR) is 117 cm³/mol. The van der Waals surface area contributed by atoms with Gasteiger partial charge in [-0.25, -0.2) is 0 Å². The van der Waals surface area contributed by atoms with Crippen LogP contribution >= 0.6 is 35.4 Å². The minimum Gasteiger partial charge on any atom is -0.332 e. The number of rotatable bonds is 4. The minimum absolute atomic E-state index is 0.185. The van der Waals surface area contributed by atoms with Gasteiger partial charge in [0.15, 0.2) is 5.11 Å². The fraction of sp³-hybridized carbons (Fsp3) is 0.150. The first-order chi connectivity index (χ1) is 13.3. The Labute approximate surface area is 178 Å². The molecule has 144 valence electrons. The number of benzene rings is 2. The van der Waals surface area contributed by atoms with E-state index in [0.717, 1.165) is 29.1 Å². The molecule has 0 fully saturated rings. The highest BCUT2D eigenvalue weighted by molar-refractivity contribution is 7.80. The molecule has 1 aromatic heterocycles. The lowest BCUT2D eigenvalue weighted by atomic mass is 10.0. The third kappa shape index (κ3) is 4.90. The van der Waals surface area contributed by atoms with Crippen LogP contribution in [-0.2, 0) is 6.42 Å². The fourth-order valence-corrected chi connectivity index (χ4v) is 3.46. The molecule has 28 heavy (non-hydrogen) atoms. The number of thiocarbonyl (C=S) groups is 1. The number of anilines is 1. The Morgan fingerprint density at radius 3 is 2.46 bits per heavy atom. The molecule has 0 aliphatic heterocycles. The van der Waals surface area contributed by atoms with Crippen LogP contribution < -0.4 is 10.6 Å². The normalized spacial score (nSPS) is 10.6. The highest BCUT2D eigenvalue weighted by Crippen LogP contribution is 2.21. The van der Waals surface area contributed by atoms with Crippen molar-refractivity contribution in [2.75, 3.05) is 5.32 Å². The number of halogens is 2. The largest absolute Gasteiger partial charge is 0.332 e. The molecule has 0 unspecified atom stereocenters. The number of nitrogens with one attached hydrogen (secondary N) is 3. The van der Waals surface area contributed by atoms with E-state index < -0.39 is 5.91 Å². The zero-order valence-corrected chi connectivity index (χ0v) is 17.6. The van der Waals surface area contributed by atoms with Crippen LogP contribution in [0.2, 0.25) is 10.0 Å². The number of amides is 1. The molecule has 0 saturated heterocycles. The standard InChI is InChI=1S/C20H18Cl2N4OS/c1-11-17(12(2)26-25-11)9-13-3-6-15(7-4-13)23-20(28)24-19(27)16-8-5-14(21)10-18(16)22/h3-8,10H,9H2,1-2H3,(H,25,26)(H2,23,24,27,28). The molecular weight excluding hydrogens is 415 g/mol.